The summed E-state index contributed by atoms with van der Waals surface area (Å²) in [6.45, 7) is 7.63. The molecule has 1 fully saturated rings. The zero-order chi connectivity index (χ0) is 21.7. The van der Waals surface area contributed by atoms with E-state index in [0.29, 0.717) is 5.69 Å². The van der Waals surface area contributed by atoms with Crippen LogP contribution in [0, 0.1) is 18.6 Å². The van der Waals surface area contributed by atoms with Gasteiger partial charge in [0.25, 0.3) is 0 Å². The van der Waals surface area contributed by atoms with Crippen LogP contribution in [0.2, 0.25) is 0 Å². The number of benzene rings is 2. The molecular formula is C22H28F2N4O2. The van der Waals surface area contributed by atoms with Crippen molar-refractivity contribution in [1.82, 2.24) is 9.80 Å². The molecule has 2 aromatic carbocycles. The van der Waals surface area contributed by atoms with Gasteiger partial charge in [-0.3, -0.25) is 9.69 Å². The molecule has 1 unspecified atom stereocenters. The minimum atomic E-state index is -0.935. The first-order valence-corrected chi connectivity index (χ1v) is 10.0. The van der Waals surface area contributed by atoms with Crippen molar-refractivity contribution >= 4 is 17.3 Å². The van der Waals surface area contributed by atoms with Crippen LogP contribution in [0.4, 0.5) is 20.2 Å². The van der Waals surface area contributed by atoms with E-state index in [1.54, 1.807) is 6.92 Å². The largest absolute Gasteiger partial charge is 0.380 e. The molecule has 1 saturated heterocycles. The molecular weight excluding hydrogens is 390 g/mol. The Labute approximate surface area is 175 Å². The van der Waals surface area contributed by atoms with E-state index in [0.717, 1.165) is 61.7 Å². The van der Waals surface area contributed by atoms with E-state index in [1.807, 2.05) is 24.0 Å². The molecule has 0 saturated carbocycles. The van der Waals surface area contributed by atoms with E-state index in [-0.39, 0.29) is 12.5 Å². The Morgan fingerprint density at radius 1 is 1.13 bits per heavy atom. The minimum Gasteiger partial charge on any atom is -0.380 e. The van der Waals surface area contributed by atoms with E-state index < -0.39 is 17.9 Å². The maximum atomic E-state index is 13.3. The van der Waals surface area contributed by atoms with E-state index in [9.17, 15) is 18.7 Å². The van der Waals surface area contributed by atoms with Gasteiger partial charge in [0.1, 0.15) is 6.23 Å². The quantitative estimate of drug-likeness (QED) is 0.604. The lowest BCUT2D eigenvalue weighted by molar-refractivity contribution is -0.130. The lowest BCUT2D eigenvalue weighted by Gasteiger charge is -2.34. The molecule has 3 N–H and O–H groups in total. The molecule has 8 heteroatoms. The Morgan fingerprint density at radius 3 is 2.53 bits per heavy atom. The van der Waals surface area contributed by atoms with Gasteiger partial charge >= 0.3 is 0 Å². The van der Waals surface area contributed by atoms with Crippen molar-refractivity contribution in [2.24, 2.45) is 0 Å². The normalized spacial score (nSPS) is 15.7. The number of halogens is 2. The number of amides is 1. The highest BCUT2D eigenvalue weighted by Gasteiger charge is 2.19. The van der Waals surface area contributed by atoms with Crippen molar-refractivity contribution in [1.29, 1.82) is 0 Å². The van der Waals surface area contributed by atoms with Crippen LogP contribution in [-0.4, -0.2) is 59.8 Å². The molecule has 1 atom stereocenters. The van der Waals surface area contributed by atoms with Gasteiger partial charge in [0.2, 0.25) is 5.91 Å². The molecule has 0 aromatic heterocycles. The first kappa shape index (κ1) is 22.0. The number of nitrogens with zero attached hydrogens (tertiary/aromatic N) is 2. The van der Waals surface area contributed by atoms with Gasteiger partial charge in [0.05, 0.1) is 6.54 Å². The maximum Gasteiger partial charge on any atom is 0.219 e. The average molecular weight is 418 g/mol. The fourth-order valence-corrected chi connectivity index (χ4v) is 3.52. The summed E-state index contributed by atoms with van der Waals surface area (Å²) in [5, 5.41) is 16.3. The van der Waals surface area contributed by atoms with Gasteiger partial charge in [-0.25, -0.2) is 8.78 Å². The molecule has 3 rings (SSSR count). The Morgan fingerprint density at radius 2 is 1.87 bits per heavy atom. The van der Waals surface area contributed by atoms with Gasteiger partial charge in [-0.05, 0) is 36.2 Å². The molecule has 0 radical (unpaired) electrons. The third kappa shape index (κ3) is 5.67. The van der Waals surface area contributed by atoms with Crippen LogP contribution in [0.5, 0.6) is 0 Å². The van der Waals surface area contributed by atoms with Crippen LogP contribution in [0.3, 0.4) is 0 Å². The van der Waals surface area contributed by atoms with Gasteiger partial charge in [-0.15, -0.1) is 0 Å². The highest BCUT2D eigenvalue weighted by Crippen LogP contribution is 2.22. The van der Waals surface area contributed by atoms with Crippen molar-refractivity contribution in [2.75, 3.05) is 43.4 Å². The number of carbonyl (C=O) groups excluding carboxylic acids is 1. The van der Waals surface area contributed by atoms with Gasteiger partial charge in [-0.2, -0.15) is 0 Å². The van der Waals surface area contributed by atoms with Crippen LogP contribution < -0.4 is 10.6 Å². The summed E-state index contributed by atoms with van der Waals surface area (Å²) in [5.74, 6) is -1.73. The standard InChI is InChI=1S/C22H28F2N4O2/c1-15-17(14-27-8-10-28(11-9-27)16(2)29)4-3-5-21(15)26-22(30)13-25-18-6-7-19(23)20(24)12-18/h3-7,12,22,25-26,30H,8-11,13-14H2,1-2H3. The van der Waals surface area contributed by atoms with Crippen LogP contribution >= 0.6 is 0 Å². The smallest absolute Gasteiger partial charge is 0.219 e. The average Bonchev–Trinajstić information content (AvgIpc) is 2.72. The highest BCUT2D eigenvalue weighted by molar-refractivity contribution is 5.73. The van der Waals surface area contributed by atoms with Crippen molar-refractivity contribution < 1.29 is 18.7 Å². The number of hydrogen-bond acceptors (Lipinski definition) is 5. The second-order valence-electron chi connectivity index (χ2n) is 7.54. The Hall–Kier alpha value is -2.71. The predicted octanol–water partition coefficient (Wildman–Crippen LogP) is 2.78. The number of nitrogens with one attached hydrogen (secondary N) is 2. The number of aliphatic hydroxyl groups is 1. The van der Waals surface area contributed by atoms with E-state index >= 15 is 0 Å². The summed E-state index contributed by atoms with van der Waals surface area (Å²) >= 11 is 0. The molecule has 0 spiro atoms. The number of carbonyl (C=O) groups is 1. The second-order valence-corrected chi connectivity index (χ2v) is 7.54. The van der Waals surface area contributed by atoms with Crippen LogP contribution in [0.15, 0.2) is 36.4 Å². The fraction of sp³-hybridized carbons (Fsp3) is 0.409. The Bertz CT molecular complexity index is 885. The van der Waals surface area contributed by atoms with Gasteiger partial charge in [-0.1, -0.05) is 12.1 Å². The second kappa shape index (κ2) is 9.86. The van der Waals surface area contributed by atoms with Gasteiger partial charge in [0, 0.05) is 57.1 Å². The first-order chi connectivity index (χ1) is 14.3. The number of rotatable bonds is 7. The van der Waals surface area contributed by atoms with Crippen molar-refractivity contribution in [3.8, 4) is 0 Å². The number of aliphatic hydroxyl groups excluding tert-OH is 1. The van der Waals surface area contributed by atoms with Crippen LogP contribution in [0.1, 0.15) is 18.1 Å². The zero-order valence-corrected chi connectivity index (χ0v) is 17.3. The minimum absolute atomic E-state index is 0.114. The Kier molecular flexibility index (Phi) is 7.23. The lowest BCUT2D eigenvalue weighted by atomic mass is 10.1. The van der Waals surface area contributed by atoms with E-state index in [1.165, 1.54) is 6.07 Å². The lowest BCUT2D eigenvalue weighted by Crippen LogP contribution is -2.47. The number of anilines is 2. The third-order valence-electron chi connectivity index (χ3n) is 5.40. The third-order valence-corrected chi connectivity index (χ3v) is 5.40. The number of piperazine rings is 1. The van der Waals surface area contributed by atoms with Gasteiger partial charge < -0.3 is 20.6 Å². The topological polar surface area (TPSA) is 67.8 Å². The Balaban J connectivity index is 1.55. The predicted molar refractivity (Wildman–Crippen MR) is 113 cm³/mol. The van der Waals surface area contributed by atoms with Crippen molar-refractivity contribution in [2.45, 2.75) is 26.6 Å². The summed E-state index contributed by atoms with van der Waals surface area (Å²) in [7, 11) is 0. The molecule has 6 nitrogen and oxygen atoms in total. The molecule has 2 aromatic rings. The summed E-state index contributed by atoms with van der Waals surface area (Å²) in [5.41, 5.74) is 3.40. The zero-order valence-electron chi connectivity index (χ0n) is 17.3. The van der Waals surface area contributed by atoms with Crippen LogP contribution in [0.25, 0.3) is 0 Å². The van der Waals surface area contributed by atoms with Crippen molar-refractivity contribution in [3.63, 3.8) is 0 Å². The molecule has 1 aliphatic heterocycles. The first-order valence-electron chi connectivity index (χ1n) is 10.0. The summed E-state index contributed by atoms with van der Waals surface area (Å²) in [6.07, 6.45) is -0.911. The summed E-state index contributed by atoms with van der Waals surface area (Å²) in [6, 6.07) is 9.41. The molecule has 0 aliphatic carbocycles. The molecule has 1 heterocycles. The highest BCUT2D eigenvalue weighted by atomic mass is 19.2. The summed E-state index contributed by atoms with van der Waals surface area (Å²) < 4.78 is 26.3. The molecule has 0 bridgehead atoms. The van der Waals surface area contributed by atoms with Crippen molar-refractivity contribution in [3.05, 3.63) is 59.2 Å². The molecule has 30 heavy (non-hydrogen) atoms. The molecule has 162 valence electrons. The summed E-state index contributed by atoms with van der Waals surface area (Å²) in [4.78, 5) is 15.6. The van der Waals surface area contributed by atoms with E-state index in [4.69, 9.17) is 0 Å². The maximum absolute atomic E-state index is 13.3. The SMILES string of the molecule is CC(=O)N1CCN(Cc2cccc(NC(O)CNc3ccc(F)c(F)c3)c2C)CC1. The van der Waals surface area contributed by atoms with Gasteiger partial charge in [0.15, 0.2) is 11.6 Å². The monoisotopic (exact) mass is 418 g/mol. The fourth-order valence-electron chi connectivity index (χ4n) is 3.52. The van der Waals surface area contributed by atoms with Crippen LogP contribution in [-0.2, 0) is 11.3 Å². The molecule has 1 amide bonds. The van der Waals surface area contributed by atoms with E-state index in [2.05, 4.69) is 21.6 Å². The molecule has 1 aliphatic rings. The number of hydrogen-bond donors (Lipinski definition) is 3.